The summed E-state index contributed by atoms with van der Waals surface area (Å²) in [5.41, 5.74) is 1.62. The zero-order valence-electron chi connectivity index (χ0n) is 11.8. The molecule has 21 heavy (non-hydrogen) atoms. The van der Waals surface area contributed by atoms with Crippen molar-refractivity contribution in [2.75, 3.05) is 6.79 Å². The van der Waals surface area contributed by atoms with Gasteiger partial charge in [-0.3, -0.25) is 0 Å². The van der Waals surface area contributed by atoms with Crippen molar-refractivity contribution in [2.24, 2.45) is 11.3 Å². The Balaban J connectivity index is 0.000000361. The van der Waals surface area contributed by atoms with Gasteiger partial charge in [-0.25, -0.2) is 4.79 Å². The number of rotatable bonds is 2. The first-order valence-corrected chi connectivity index (χ1v) is 7.28. The molecule has 1 saturated carbocycles. The van der Waals surface area contributed by atoms with Gasteiger partial charge in [0.1, 0.15) is 0 Å². The van der Waals surface area contributed by atoms with Gasteiger partial charge in [0.2, 0.25) is 6.79 Å². The van der Waals surface area contributed by atoms with Crippen LogP contribution in [0.25, 0.3) is 4.48 Å². The zero-order chi connectivity index (χ0) is 15.6. The lowest BCUT2D eigenvalue weighted by atomic mass is 10.1. The molecule has 0 aromatic heterocycles. The van der Waals surface area contributed by atoms with E-state index >= 15 is 0 Å². The summed E-state index contributed by atoms with van der Waals surface area (Å²) in [7, 11) is 0. The maximum absolute atomic E-state index is 8.56. The second-order valence-corrected chi connectivity index (χ2v) is 6.52. The van der Waals surface area contributed by atoms with E-state index in [1.165, 1.54) is 6.42 Å². The van der Waals surface area contributed by atoms with Crippen molar-refractivity contribution < 1.29 is 24.5 Å². The summed E-state index contributed by atoms with van der Waals surface area (Å²) >= 11 is 3.65. The molecule has 114 valence electrons. The highest BCUT2D eigenvalue weighted by atomic mass is 79.9. The molecule has 1 aliphatic carbocycles. The van der Waals surface area contributed by atoms with E-state index < -0.39 is 6.16 Å². The molecule has 0 saturated heterocycles. The van der Waals surface area contributed by atoms with Gasteiger partial charge < -0.3 is 19.7 Å². The standard InChI is InChI=1S/C14H15BrO2.CH2O3/c1-14(2)7-10(14)6-11(15)9-3-4-12-13(5-9)17-8-16-12;2-1(3)4/h3-6,10H,7-8H2,1-2H3;(H2,2,3,4). The third kappa shape index (κ3) is 4.14. The Bertz CT molecular complexity index is 575. The van der Waals surface area contributed by atoms with Crippen LogP contribution in [0.15, 0.2) is 24.3 Å². The quantitative estimate of drug-likeness (QED) is 0.820. The van der Waals surface area contributed by atoms with E-state index in [0.29, 0.717) is 18.1 Å². The number of allylic oxidation sites excluding steroid dienone is 1. The van der Waals surface area contributed by atoms with Gasteiger partial charge >= 0.3 is 6.16 Å². The molecule has 5 nitrogen and oxygen atoms in total. The number of benzene rings is 1. The van der Waals surface area contributed by atoms with Crippen molar-refractivity contribution in [3.63, 3.8) is 0 Å². The van der Waals surface area contributed by atoms with Gasteiger partial charge in [-0.05, 0) is 41.5 Å². The molecule has 2 aliphatic rings. The van der Waals surface area contributed by atoms with Crippen molar-refractivity contribution in [3.05, 3.63) is 29.8 Å². The highest BCUT2D eigenvalue weighted by Gasteiger charge is 2.43. The van der Waals surface area contributed by atoms with Crippen LogP contribution >= 0.6 is 15.9 Å². The van der Waals surface area contributed by atoms with Crippen LogP contribution in [-0.4, -0.2) is 23.2 Å². The third-order valence-corrected chi connectivity index (χ3v) is 4.31. The van der Waals surface area contributed by atoms with E-state index in [1.54, 1.807) is 0 Å². The predicted molar refractivity (Wildman–Crippen MR) is 82.0 cm³/mol. The normalized spacial score (nSPS) is 21.3. The van der Waals surface area contributed by atoms with Gasteiger partial charge in [-0.1, -0.05) is 35.9 Å². The van der Waals surface area contributed by atoms with E-state index in [4.69, 9.17) is 24.5 Å². The highest BCUT2D eigenvalue weighted by Crippen LogP contribution is 2.53. The molecule has 6 heteroatoms. The Morgan fingerprint density at radius 3 is 2.48 bits per heavy atom. The molecular formula is C15H17BrO5. The second-order valence-electron chi connectivity index (χ2n) is 5.66. The fourth-order valence-corrected chi connectivity index (χ4v) is 2.68. The maximum atomic E-state index is 8.56. The summed E-state index contributed by atoms with van der Waals surface area (Å²) in [5.74, 6) is 2.35. The lowest BCUT2D eigenvalue weighted by molar-refractivity contribution is 0.137. The fraction of sp³-hybridized carbons (Fsp3) is 0.400. The van der Waals surface area contributed by atoms with Crippen molar-refractivity contribution in [3.8, 4) is 11.5 Å². The summed E-state index contributed by atoms with van der Waals surface area (Å²) < 4.78 is 11.8. The Labute approximate surface area is 131 Å². The van der Waals surface area contributed by atoms with Crippen molar-refractivity contribution in [1.29, 1.82) is 0 Å². The number of halogens is 1. The summed E-state index contributed by atoms with van der Waals surface area (Å²) in [6.07, 6.45) is 1.74. The van der Waals surface area contributed by atoms with Crippen molar-refractivity contribution >= 4 is 26.6 Å². The molecule has 2 N–H and O–H groups in total. The van der Waals surface area contributed by atoms with Crippen molar-refractivity contribution in [1.82, 2.24) is 0 Å². The molecule has 0 radical (unpaired) electrons. The molecule has 1 fully saturated rings. The van der Waals surface area contributed by atoms with Crippen LogP contribution < -0.4 is 9.47 Å². The first kappa shape index (κ1) is 15.7. The van der Waals surface area contributed by atoms with E-state index in [9.17, 15) is 0 Å². The third-order valence-electron chi connectivity index (χ3n) is 3.59. The number of carbonyl (C=O) groups is 1. The number of carboxylic acid groups (broad SMARTS) is 2. The van der Waals surface area contributed by atoms with Gasteiger partial charge in [-0.2, -0.15) is 0 Å². The lowest BCUT2D eigenvalue weighted by Crippen LogP contribution is -1.92. The van der Waals surface area contributed by atoms with Crippen LogP contribution in [0.4, 0.5) is 4.79 Å². The molecule has 3 rings (SSSR count). The van der Waals surface area contributed by atoms with Gasteiger partial charge in [0, 0.05) is 4.48 Å². The predicted octanol–water partition coefficient (Wildman–Crippen LogP) is 4.42. The minimum atomic E-state index is -1.83. The Hall–Kier alpha value is -1.69. The molecule has 1 aromatic carbocycles. The highest BCUT2D eigenvalue weighted by molar-refractivity contribution is 9.15. The minimum absolute atomic E-state index is 0.329. The summed E-state index contributed by atoms with van der Waals surface area (Å²) in [6.45, 7) is 4.93. The van der Waals surface area contributed by atoms with E-state index in [2.05, 4.69) is 41.9 Å². The van der Waals surface area contributed by atoms with Gasteiger partial charge in [0.15, 0.2) is 11.5 Å². The molecule has 1 aromatic rings. The largest absolute Gasteiger partial charge is 0.503 e. The smallest absolute Gasteiger partial charge is 0.454 e. The van der Waals surface area contributed by atoms with Crippen LogP contribution in [0.3, 0.4) is 0 Å². The summed E-state index contributed by atoms with van der Waals surface area (Å²) in [5, 5.41) is 13.9. The van der Waals surface area contributed by atoms with Gasteiger partial charge in [0.25, 0.3) is 0 Å². The molecule has 0 amide bonds. The van der Waals surface area contributed by atoms with Crippen LogP contribution in [-0.2, 0) is 0 Å². The molecule has 1 aliphatic heterocycles. The number of hydrogen-bond acceptors (Lipinski definition) is 3. The number of fused-ring (bicyclic) bond motifs is 1. The van der Waals surface area contributed by atoms with E-state index in [1.807, 2.05) is 12.1 Å². The minimum Gasteiger partial charge on any atom is -0.454 e. The maximum Gasteiger partial charge on any atom is 0.503 e. The number of ether oxygens (including phenoxy) is 2. The van der Waals surface area contributed by atoms with Gasteiger partial charge in [-0.15, -0.1) is 0 Å². The first-order valence-electron chi connectivity index (χ1n) is 6.49. The summed E-state index contributed by atoms with van der Waals surface area (Å²) in [6, 6.07) is 6.05. The Morgan fingerprint density at radius 1 is 1.33 bits per heavy atom. The average molecular weight is 357 g/mol. The zero-order valence-corrected chi connectivity index (χ0v) is 13.4. The fourth-order valence-electron chi connectivity index (χ4n) is 2.11. The van der Waals surface area contributed by atoms with Crippen molar-refractivity contribution in [2.45, 2.75) is 20.3 Å². The lowest BCUT2D eigenvalue weighted by Gasteiger charge is -2.03. The Kier molecular flexibility index (Phi) is 4.46. The average Bonchev–Trinajstić information content (AvgIpc) is 2.81. The topological polar surface area (TPSA) is 76.0 Å². The van der Waals surface area contributed by atoms with E-state index in [0.717, 1.165) is 21.5 Å². The molecule has 1 atom stereocenters. The molecular weight excluding hydrogens is 340 g/mol. The summed E-state index contributed by atoms with van der Waals surface area (Å²) in [4.78, 5) is 8.56. The molecule has 0 spiro atoms. The Morgan fingerprint density at radius 2 is 1.90 bits per heavy atom. The van der Waals surface area contributed by atoms with Gasteiger partial charge in [0.05, 0.1) is 0 Å². The second kappa shape index (κ2) is 5.97. The number of hydrogen-bond donors (Lipinski definition) is 2. The molecule has 0 bridgehead atoms. The van der Waals surface area contributed by atoms with Crippen LogP contribution in [0.1, 0.15) is 25.8 Å². The first-order chi connectivity index (χ1) is 9.79. The van der Waals surface area contributed by atoms with Crippen LogP contribution in [0.5, 0.6) is 11.5 Å². The SMILES string of the molecule is CC1(C)CC1C=C(Br)c1ccc2c(c1)OCO2.O=C(O)O. The monoisotopic (exact) mass is 356 g/mol. The van der Waals surface area contributed by atoms with Crippen LogP contribution in [0, 0.1) is 11.3 Å². The van der Waals surface area contributed by atoms with E-state index in [-0.39, 0.29) is 0 Å². The molecule has 1 unspecified atom stereocenters. The van der Waals surface area contributed by atoms with Crippen LogP contribution in [0.2, 0.25) is 0 Å². The molecule has 1 heterocycles.